The molecule has 1 N–H and O–H groups in total. The van der Waals surface area contributed by atoms with Crippen molar-refractivity contribution in [1.29, 1.82) is 0 Å². The minimum Gasteiger partial charge on any atom is -0.319 e. The molecule has 2 heteroatoms. The predicted molar refractivity (Wildman–Crippen MR) is 71.8 cm³/mol. The van der Waals surface area contributed by atoms with E-state index in [1.165, 1.54) is 38.8 Å². The first kappa shape index (κ1) is 14.0. The van der Waals surface area contributed by atoms with Crippen molar-refractivity contribution in [2.45, 2.75) is 52.5 Å². The smallest absolute Gasteiger partial charge is 0.0105 e. The molecule has 1 aliphatic rings. The van der Waals surface area contributed by atoms with Gasteiger partial charge in [0.1, 0.15) is 0 Å². The molecule has 0 saturated carbocycles. The summed E-state index contributed by atoms with van der Waals surface area (Å²) < 4.78 is 0. The predicted octanol–water partition coefficient (Wildman–Crippen LogP) is 2.74. The molecule has 1 saturated heterocycles. The molecule has 1 heterocycles. The summed E-state index contributed by atoms with van der Waals surface area (Å²) in [7, 11) is 2.05. The second-order valence-electron chi connectivity index (χ2n) is 5.54. The van der Waals surface area contributed by atoms with Crippen LogP contribution in [0.4, 0.5) is 0 Å². The molecule has 2 unspecified atom stereocenters. The van der Waals surface area contributed by atoms with E-state index in [4.69, 9.17) is 0 Å². The molecule has 0 aliphatic carbocycles. The summed E-state index contributed by atoms with van der Waals surface area (Å²) in [5.41, 5.74) is 0. The molecule has 0 aromatic carbocycles. The molecule has 0 bridgehead atoms. The Morgan fingerprint density at radius 1 is 1.25 bits per heavy atom. The fraction of sp³-hybridized carbons (Fsp3) is 1.00. The summed E-state index contributed by atoms with van der Waals surface area (Å²) in [6.45, 7) is 10.8. The lowest BCUT2D eigenvalue weighted by Crippen LogP contribution is -2.44. The molecule has 1 aliphatic heterocycles. The van der Waals surface area contributed by atoms with Crippen LogP contribution in [0.5, 0.6) is 0 Å². The van der Waals surface area contributed by atoms with E-state index in [-0.39, 0.29) is 0 Å². The van der Waals surface area contributed by atoms with Gasteiger partial charge >= 0.3 is 0 Å². The minimum absolute atomic E-state index is 0.732. The highest BCUT2D eigenvalue weighted by Gasteiger charge is 2.24. The number of hydrogen-bond acceptors (Lipinski definition) is 2. The van der Waals surface area contributed by atoms with Crippen molar-refractivity contribution in [3.63, 3.8) is 0 Å². The van der Waals surface area contributed by atoms with Crippen molar-refractivity contribution in [2.24, 2.45) is 11.8 Å². The Bertz CT molecular complexity index is 174. The number of nitrogens with one attached hydrogen (secondary N) is 1. The van der Waals surface area contributed by atoms with Crippen LogP contribution in [0.2, 0.25) is 0 Å². The first-order valence-electron chi connectivity index (χ1n) is 7.07. The lowest BCUT2D eigenvalue weighted by Gasteiger charge is -2.38. The van der Waals surface area contributed by atoms with Crippen molar-refractivity contribution < 1.29 is 0 Å². The summed E-state index contributed by atoms with van der Waals surface area (Å²) in [4.78, 5) is 2.69. The van der Waals surface area contributed by atoms with Crippen LogP contribution in [-0.4, -0.2) is 37.6 Å². The van der Waals surface area contributed by atoms with Gasteiger partial charge in [-0.3, -0.25) is 0 Å². The molecule has 2 atom stereocenters. The Morgan fingerprint density at radius 3 is 2.38 bits per heavy atom. The van der Waals surface area contributed by atoms with Gasteiger partial charge in [-0.15, -0.1) is 0 Å². The van der Waals surface area contributed by atoms with E-state index < -0.39 is 0 Å². The Kier molecular flexibility index (Phi) is 6.37. The highest BCUT2D eigenvalue weighted by molar-refractivity contribution is 4.79. The van der Waals surface area contributed by atoms with Gasteiger partial charge in [0.2, 0.25) is 0 Å². The van der Waals surface area contributed by atoms with Crippen molar-refractivity contribution in [1.82, 2.24) is 10.2 Å². The van der Waals surface area contributed by atoms with Crippen LogP contribution in [0.1, 0.15) is 46.5 Å². The Hall–Kier alpha value is -0.0800. The monoisotopic (exact) mass is 226 g/mol. The van der Waals surface area contributed by atoms with Crippen molar-refractivity contribution >= 4 is 0 Å². The minimum atomic E-state index is 0.732. The molecule has 0 radical (unpaired) electrons. The van der Waals surface area contributed by atoms with Gasteiger partial charge in [-0.25, -0.2) is 0 Å². The molecule has 0 aromatic heterocycles. The third kappa shape index (κ3) is 4.06. The number of likely N-dealkylation sites (tertiary alicyclic amines) is 1. The average Bonchev–Trinajstić information content (AvgIpc) is 2.30. The number of nitrogens with zero attached hydrogens (tertiary/aromatic N) is 1. The molecular weight excluding hydrogens is 196 g/mol. The zero-order chi connectivity index (χ0) is 12.0. The summed E-state index contributed by atoms with van der Waals surface area (Å²) in [6.07, 6.45) is 5.64. The summed E-state index contributed by atoms with van der Waals surface area (Å²) >= 11 is 0. The van der Waals surface area contributed by atoms with Gasteiger partial charge in [0.05, 0.1) is 0 Å². The lowest BCUT2D eigenvalue weighted by atomic mass is 9.90. The van der Waals surface area contributed by atoms with Crippen LogP contribution in [0.15, 0.2) is 0 Å². The van der Waals surface area contributed by atoms with Gasteiger partial charge in [0.15, 0.2) is 0 Å². The van der Waals surface area contributed by atoms with E-state index in [1.54, 1.807) is 0 Å². The molecule has 16 heavy (non-hydrogen) atoms. The second kappa shape index (κ2) is 7.29. The molecule has 1 rings (SSSR count). The maximum absolute atomic E-state index is 3.29. The quantitative estimate of drug-likeness (QED) is 0.749. The van der Waals surface area contributed by atoms with Crippen molar-refractivity contribution in [2.75, 3.05) is 26.7 Å². The first-order valence-corrected chi connectivity index (χ1v) is 7.07. The zero-order valence-electron chi connectivity index (χ0n) is 11.6. The van der Waals surface area contributed by atoms with Crippen LogP contribution in [0.3, 0.4) is 0 Å². The number of piperidine rings is 1. The molecular formula is C14H30N2. The second-order valence-corrected chi connectivity index (χ2v) is 5.54. The molecule has 2 nitrogen and oxygen atoms in total. The van der Waals surface area contributed by atoms with Crippen LogP contribution < -0.4 is 5.32 Å². The largest absolute Gasteiger partial charge is 0.319 e. The maximum atomic E-state index is 3.29. The SMILES string of the molecule is CCCC1CCN(C(C)C(C)CNC)CC1. The van der Waals surface area contributed by atoms with E-state index in [1.807, 2.05) is 0 Å². The molecule has 96 valence electrons. The normalized spacial score (nSPS) is 23.2. The summed E-state index contributed by atoms with van der Waals surface area (Å²) in [5.74, 6) is 1.76. The van der Waals surface area contributed by atoms with Crippen molar-refractivity contribution in [3.05, 3.63) is 0 Å². The molecule has 0 amide bonds. The average molecular weight is 226 g/mol. The van der Waals surface area contributed by atoms with Crippen LogP contribution in [0.25, 0.3) is 0 Å². The van der Waals surface area contributed by atoms with E-state index in [2.05, 4.69) is 38.0 Å². The highest BCUT2D eigenvalue weighted by atomic mass is 15.2. The fourth-order valence-electron chi connectivity index (χ4n) is 2.91. The van der Waals surface area contributed by atoms with E-state index in [0.29, 0.717) is 0 Å². The van der Waals surface area contributed by atoms with Gasteiger partial charge in [-0.1, -0.05) is 26.7 Å². The molecule has 0 aromatic rings. The maximum Gasteiger partial charge on any atom is 0.0105 e. The van der Waals surface area contributed by atoms with Crippen molar-refractivity contribution in [3.8, 4) is 0 Å². The third-order valence-electron chi connectivity index (χ3n) is 4.27. The van der Waals surface area contributed by atoms with Gasteiger partial charge in [-0.05, 0) is 58.3 Å². The Labute approximate surface area is 102 Å². The topological polar surface area (TPSA) is 15.3 Å². The van der Waals surface area contributed by atoms with E-state index in [9.17, 15) is 0 Å². The van der Waals surface area contributed by atoms with E-state index in [0.717, 1.165) is 24.4 Å². The lowest BCUT2D eigenvalue weighted by molar-refractivity contribution is 0.107. The van der Waals surface area contributed by atoms with Crippen LogP contribution in [-0.2, 0) is 0 Å². The first-order chi connectivity index (χ1) is 7.69. The summed E-state index contributed by atoms with van der Waals surface area (Å²) in [6, 6.07) is 0.732. The standard InChI is InChI=1S/C14H30N2/c1-5-6-14-7-9-16(10-8-14)13(3)12(2)11-15-4/h12-15H,5-11H2,1-4H3. The summed E-state index contributed by atoms with van der Waals surface area (Å²) in [5, 5.41) is 3.29. The Balaban J connectivity index is 2.29. The van der Waals surface area contributed by atoms with Crippen LogP contribution >= 0.6 is 0 Å². The van der Waals surface area contributed by atoms with Crippen LogP contribution in [0, 0.1) is 11.8 Å². The molecule has 1 fully saturated rings. The Morgan fingerprint density at radius 2 is 1.88 bits per heavy atom. The van der Waals surface area contributed by atoms with Gasteiger partial charge in [-0.2, -0.15) is 0 Å². The highest BCUT2D eigenvalue weighted by Crippen LogP contribution is 2.24. The van der Waals surface area contributed by atoms with Gasteiger partial charge in [0, 0.05) is 6.04 Å². The van der Waals surface area contributed by atoms with Gasteiger partial charge < -0.3 is 10.2 Å². The third-order valence-corrected chi connectivity index (χ3v) is 4.27. The number of rotatable bonds is 6. The fourth-order valence-corrected chi connectivity index (χ4v) is 2.91. The zero-order valence-corrected chi connectivity index (χ0v) is 11.6. The number of hydrogen-bond donors (Lipinski definition) is 1. The van der Waals surface area contributed by atoms with E-state index >= 15 is 0 Å². The molecule has 0 spiro atoms. The van der Waals surface area contributed by atoms with Gasteiger partial charge in [0.25, 0.3) is 0 Å².